The normalized spacial score (nSPS) is 20.5. The second-order valence-electron chi connectivity index (χ2n) is 9.44. The molecule has 0 bridgehead atoms. The largest absolute Gasteiger partial charge is 0.413 e. The van der Waals surface area contributed by atoms with Crippen LogP contribution in [0.4, 0.5) is 13.2 Å². The number of alkyl halides is 3. The van der Waals surface area contributed by atoms with Crippen LogP contribution in [0, 0.1) is 0 Å². The number of aryl methyl sites for hydroxylation is 1. The van der Waals surface area contributed by atoms with Crippen LogP contribution in [0.25, 0.3) is 10.9 Å². The zero-order chi connectivity index (χ0) is 22.3. The minimum absolute atomic E-state index is 0.276. The van der Waals surface area contributed by atoms with Gasteiger partial charge in [-0.1, -0.05) is 69.3 Å². The van der Waals surface area contributed by atoms with Crippen molar-refractivity contribution in [2.24, 2.45) is 0 Å². The van der Waals surface area contributed by atoms with Crippen molar-refractivity contribution < 1.29 is 17.6 Å². The first kappa shape index (κ1) is 22.0. The van der Waals surface area contributed by atoms with Gasteiger partial charge in [-0.05, 0) is 46.8 Å². The van der Waals surface area contributed by atoms with E-state index in [4.69, 9.17) is 4.43 Å². The summed E-state index contributed by atoms with van der Waals surface area (Å²) >= 11 is 0. The Labute approximate surface area is 182 Å². The summed E-state index contributed by atoms with van der Waals surface area (Å²) in [5, 5.41) is 1.57. The third-order valence-corrected chi connectivity index (χ3v) is 11.9. The number of fused-ring (bicyclic) bond motifs is 2. The van der Waals surface area contributed by atoms with Gasteiger partial charge in [0.1, 0.15) is 6.10 Å². The van der Waals surface area contributed by atoms with E-state index in [1.54, 1.807) is 6.07 Å². The highest BCUT2D eigenvalue weighted by Crippen LogP contribution is 2.45. The van der Waals surface area contributed by atoms with Gasteiger partial charge in [0.15, 0.2) is 0 Å². The Morgan fingerprint density at radius 2 is 1.68 bits per heavy atom. The molecule has 0 saturated carbocycles. The maximum Gasteiger partial charge on any atom is 0.413 e. The van der Waals surface area contributed by atoms with Crippen LogP contribution in [0.2, 0.25) is 11.1 Å². The quantitative estimate of drug-likeness (QED) is 0.440. The summed E-state index contributed by atoms with van der Waals surface area (Å²) < 4.78 is 49.2. The monoisotopic (exact) mass is 443 g/mol. The number of pyridine rings is 1. The van der Waals surface area contributed by atoms with E-state index in [1.165, 1.54) is 0 Å². The molecule has 2 aromatic carbocycles. The third kappa shape index (κ3) is 4.28. The Hall–Kier alpha value is -2.18. The predicted octanol–water partition coefficient (Wildman–Crippen LogP) is 6.32. The van der Waals surface area contributed by atoms with Gasteiger partial charge in [0, 0.05) is 17.5 Å². The van der Waals surface area contributed by atoms with Gasteiger partial charge in [-0.3, -0.25) is 4.98 Å². The Balaban J connectivity index is 1.74. The molecular formula is C25H28F3NOSi. The molecule has 2 heterocycles. The minimum atomic E-state index is -4.47. The Kier molecular flexibility index (Phi) is 5.73. The van der Waals surface area contributed by atoms with Crippen molar-refractivity contribution in [1.29, 1.82) is 0 Å². The van der Waals surface area contributed by atoms with Crippen molar-refractivity contribution in [3.63, 3.8) is 0 Å². The van der Waals surface area contributed by atoms with Crippen molar-refractivity contribution in [3.8, 4) is 0 Å². The molecule has 0 aliphatic carbocycles. The maximum atomic E-state index is 14.3. The standard InChI is InChI=1S/C25H28F3NOSi/c1-24(2,3)31(16-8-11-19-10-5-7-13-22(19)31)30-23(25(26,27)28)17-20-15-14-18-9-4-6-12-21(18)29-20/h4-7,9-10,12-15,23H,8,11,16-17H2,1-3H3/t23-,31+/m1/s1. The number of halogens is 3. The van der Waals surface area contributed by atoms with Crippen molar-refractivity contribution in [2.75, 3.05) is 0 Å². The Bertz CT molecular complexity index is 1080. The molecule has 0 spiro atoms. The number of aromatic nitrogens is 1. The molecule has 2 atom stereocenters. The van der Waals surface area contributed by atoms with Gasteiger partial charge in [0.25, 0.3) is 0 Å². The molecule has 1 aliphatic rings. The van der Waals surface area contributed by atoms with Crippen LogP contribution in [0.1, 0.15) is 38.4 Å². The summed E-state index contributed by atoms with van der Waals surface area (Å²) in [5.41, 5.74) is 2.25. The van der Waals surface area contributed by atoms with E-state index in [9.17, 15) is 13.2 Å². The molecule has 0 amide bonds. The highest BCUT2D eigenvalue weighted by atomic mass is 28.4. The molecule has 2 nitrogen and oxygen atoms in total. The van der Waals surface area contributed by atoms with Crippen LogP contribution in [-0.4, -0.2) is 25.6 Å². The molecule has 0 fully saturated rings. The molecule has 3 aromatic rings. The van der Waals surface area contributed by atoms with Crippen LogP contribution in [0.3, 0.4) is 0 Å². The van der Waals surface area contributed by atoms with E-state index >= 15 is 0 Å². The van der Waals surface area contributed by atoms with E-state index < -0.39 is 20.6 Å². The number of hydrogen-bond donors (Lipinski definition) is 0. The first-order valence-corrected chi connectivity index (χ1v) is 12.9. The number of para-hydroxylation sites is 1. The van der Waals surface area contributed by atoms with Crippen LogP contribution >= 0.6 is 0 Å². The van der Waals surface area contributed by atoms with Crippen molar-refractivity contribution in [3.05, 3.63) is 71.9 Å². The highest BCUT2D eigenvalue weighted by Gasteiger charge is 2.55. The summed E-state index contributed by atoms with van der Waals surface area (Å²) in [6.07, 6.45) is -4.86. The van der Waals surface area contributed by atoms with Crippen LogP contribution < -0.4 is 5.19 Å². The zero-order valence-electron chi connectivity index (χ0n) is 18.2. The first-order valence-electron chi connectivity index (χ1n) is 10.8. The molecule has 1 aromatic heterocycles. The summed E-state index contributed by atoms with van der Waals surface area (Å²) in [4.78, 5) is 4.49. The molecule has 0 unspecified atom stereocenters. The minimum Gasteiger partial charge on any atom is -0.400 e. The van der Waals surface area contributed by atoms with Crippen LogP contribution in [-0.2, 0) is 17.3 Å². The molecule has 31 heavy (non-hydrogen) atoms. The fraction of sp³-hybridized carbons (Fsp3) is 0.400. The zero-order valence-corrected chi connectivity index (χ0v) is 19.2. The molecule has 4 rings (SSSR count). The first-order chi connectivity index (χ1) is 14.6. The molecule has 0 saturated heterocycles. The smallest absolute Gasteiger partial charge is 0.400 e. The Morgan fingerprint density at radius 1 is 0.968 bits per heavy atom. The lowest BCUT2D eigenvalue weighted by Gasteiger charge is -2.47. The van der Waals surface area contributed by atoms with E-state index in [-0.39, 0.29) is 11.5 Å². The maximum absolute atomic E-state index is 14.3. The summed E-state index contributed by atoms with van der Waals surface area (Å²) in [5.74, 6) is 0. The summed E-state index contributed by atoms with van der Waals surface area (Å²) in [7, 11) is -2.93. The number of benzene rings is 2. The van der Waals surface area contributed by atoms with Gasteiger partial charge in [0.05, 0.1) is 5.52 Å². The lowest BCUT2D eigenvalue weighted by molar-refractivity contribution is -0.198. The molecule has 0 N–H and O–H groups in total. The summed E-state index contributed by atoms with van der Waals surface area (Å²) in [6, 6.07) is 19.6. The second kappa shape index (κ2) is 8.06. The Morgan fingerprint density at radius 3 is 2.42 bits per heavy atom. The van der Waals surface area contributed by atoms with Gasteiger partial charge in [-0.25, -0.2) is 0 Å². The van der Waals surface area contributed by atoms with E-state index in [1.807, 2.05) is 75.4 Å². The highest BCUT2D eigenvalue weighted by molar-refractivity contribution is 6.89. The van der Waals surface area contributed by atoms with E-state index in [2.05, 4.69) is 4.98 Å². The number of nitrogens with zero attached hydrogens (tertiary/aromatic N) is 1. The van der Waals surface area contributed by atoms with Crippen molar-refractivity contribution >= 4 is 24.4 Å². The third-order valence-electron chi connectivity index (χ3n) is 6.40. The lowest BCUT2D eigenvalue weighted by atomic mass is 10.1. The second-order valence-corrected chi connectivity index (χ2v) is 13.9. The van der Waals surface area contributed by atoms with Gasteiger partial charge >= 0.3 is 6.18 Å². The van der Waals surface area contributed by atoms with Gasteiger partial charge in [-0.15, -0.1) is 0 Å². The molecule has 6 heteroatoms. The lowest BCUT2D eigenvalue weighted by Crippen LogP contribution is -2.63. The molecule has 1 aliphatic heterocycles. The summed E-state index contributed by atoms with van der Waals surface area (Å²) in [6.45, 7) is 6.09. The fourth-order valence-electron chi connectivity index (χ4n) is 4.75. The van der Waals surface area contributed by atoms with Gasteiger partial charge in [-0.2, -0.15) is 13.2 Å². The van der Waals surface area contributed by atoms with Crippen molar-refractivity contribution in [2.45, 2.75) is 63.4 Å². The van der Waals surface area contributed by atoms with Crippen LogP contribution in [0.5, 0.6) is 0 Å². The predicted molar refractivity (Wildman–Crippen MR) is 121 cm³/mol. The molecule has 164 valence electrons. The SMILES string of the molecule is CC(C)(C)[Si@]1(O[C@H](Cc2ccc3ccccc3n2)C(F)(F)F)CCCc2ccccc21. The molecular weight excluding hydrogens is 415 g/mol. The van der Waals surface area contributed by atoms with E-state index in [0.29, 0.717) is 17.3 Å². The fourth-order valence-corrected chi connectivity index (χ4v) is 9.65. The molecule has 0 radical (unpaired) electrons. The number of hydrogen-bond acceptors (Lipinski definition) is 2. The number of rotatable bonds is 4. The topological polar surface area (TPSA) is 22.1 Å². The van der Waals surface area contributed by atoms with Crippen LogP contribution in [0.15, 0.2) is 60.7 Å². The van der Waals surface area contributed by atoms with E-state index in [0.717, 1.165) is 29.0 Å². The van der Waals surface area contributed by atoms with Gasteiger partial charge in [0.2, 0.25) is 8.32 Å². The van der Waals surface area contributed by atoms with Crippen molar-refractivity contribution in [1.82, 2.24) is 4.98 Å². The average Bonchev–Trinajstić information content (AvgIpc) is 2.72. The van der Waals surface area contributed by atoms with Gasteiger partial charge < -0.3 is 4.43 Å². The average molecular weight is 444 g/mol.